The van der Waals surface area contributed by atoms with E-state index >= 15 is 0 Å². The van der Waals surface area contributed by atoms with Crippen molar-refractivity contribution in [3.63, 3.8) is 0 Å². The lowest BCUT2D eigenvalue weighted by Gasteiger charge is -2.29. The fourth-order valence-corrected chi connectivity index (χ4v) is 2.01. The number of nitrogens with zero attached hydrogens (tertiary/aromatic N) is 3. The van der Waals surface area contributed by atoms with Gasteiger partial charge in [0.2, 0.25) is 0 Å². The van der Waals surface area contributed by atoms with Crippen LogP contribution in [-0.4, -0.2) is 27.8 Å². The van der Waals surface area contributed by atoms with E-state index in [0.717, 1.165) is 12.5 Å². The summed E-state index contributed by atoms with van der Waals surface area (Å²) in [6.45, 7) is 9.89. The topological polar surface area (TPSA) is 21.1 Å². The van der Waals surface area contributed by atoms with Gasteiger partial charge in [-0.05, 0) is 37.9 Å². The van der Waals surface area contributed by atoms with E-state index in [0.29, 0.717) is 0 Å². The highest BCUT2D eigenvalue weighted by molar-refractivity contribution is 4.99. The number of aromatic nitrogens is 2. The average molecular weight is 223 g/mol. The predicted octanol–water partition coefficient (Wildman–Crippen LogP) is 2.68. The van der Waals surface area contributed by atoms with Crippen LogP contribution in [0.3, 0.4) is 0 Å². The van der Waals surface area contributed by atoms with Gasteiger partial charge in [0.1, 0.15) is 0 Å². The molecular formula is C13H25N3. The minimum atomic E-state index is 0.915. The molecule has 0 aromatic carbocycles. The van der Waals surface area contributed by atoms with Crippen LogP contribution in [0.5, 0.6) is 0 Å². The molecule has 1 aliphatic rings. The van der Waals surface area contributed by atoms with Crippen molar-refractivity contribution in [2.75, 3.05) is 13.1 Å². The van der Waals surface area contributed by atoms with Crippen LogP contribution < -0.4 is 0 Å². The quantitative estimate of drug-likeness (QED) is 0.768. The van der Waals surface area contributed by atoms with E-state index in [2.05, 4.69) is 23.0 Å². The Morgan fingerprint density at radius 2 is 1.94 bits per heavy atom. The van der Waals surface area contributed by atoms with Gasteiger partial charge in [0.15, 0.2) is 0 Å². The summed E-state index contributed by atoms with van der Waals surface area (Å²) in [6.07, 6.45) is 4.57. The molecule has 3 heteroatoms. The second-order valence-corrected chi connectivity index (χ2v) is 4.40. The second kappa shape index (κ2) is 6.69. The van der Waals surface area contributed by atoms with E-state index < -0.39 is 0 Å². The number of hydrogen-bond donors (Lipinski definition) is 0. The van der Waals surface area contributed by atoms with E-state index in [-0.39, 0.29) is 0 Å². The Hall–Kier alpha value is -0.830. The molecule has 3 nitrogen and oxygen atoms in total. The lowest BCUT2D eigenvalue weighted by molar-refractivity contribution is 0.181. The van der Waals surface area contributed by atoms with Crippen LogP contribution in [0.15, 0.2) is 12.3 Å². The first kappa shape index (κ1) is 13.2. The molecule has 2 rings (SSSR count). The molecule has 2 heterocycles. The highest BCUT2D eigenvalue weighted by atomic mass is 15.3. The van der Waals surface area contributed by atoms with Gasteiger partial charge in [-0.1, -0.05) is 20.8 Å². The first-order chi connectivity index (χ1) is 7.75. The summed E-state index contributed by atoms with van der Waals surface area (Å²) < 4.78 is 1.97. The standard InChI is InChI=1S/C11H19N3.C2H6/c1-10-4-7-14(8-5-10)9-11-3-6-12-13(11)2;1-2/h3,6,10H,4-5,7-9H2,1-2H3;1-2H3. The fourth-order valence-electron chi connectivity index (χ4n) is 2.01. The lowest BCUT2D eigenvalue weighted by Crippen LogP contribution is -2.32. The molecular weight excluding hydrogens is 198 g/mol. The summed E-state index contributed by atoms with van der Waals surface area (Å²) in [6, 6.07) is 2.11. The molecule has 1 aromatic rings. The Bertz CT molecular complexity index is 285. The van der Waals surface area contributed by atoms with Gasteiger partial charge >= 0.3 is 0 Å². The molecule has 0 atom stereocenters. The SMILES string of the molecule is CC.CC1CCN(Cc2ccnn2C)CC1. The third-order valence-electron chi connectivity index (χ3n) is 3.18. The van der Waals surface area contributed by atoms with Gasteiger partial charge in [-0.3, -0.25) is 9.58 Å². The fraction of sp³-hybridized carbons (Fsp3) is 0.769. The Labute approximate surface area is 99.4 Å². The van der Waals surface area contributed by atoms with Crippen LogP contribution >= 0.6 is 0 Å². The molecule has 0 spiro atoms. The summed E-state index contributed by atoms with van der Waals surface area (Å²) >= 11 is 0. The molecule has 1 fully saturated rings. The molecule has 0 radical (unpaired) electrons. The summed E-state index contributed by atoms with van der Waals surface area (Å²) in [5.74, 6) is 0.915. The van der Waals surface area contributed by atoms with Gasteiger partial charge in [0.05, 0.1) is 5.69 Å². The van der Waals surface area contributed by atoms with Crippen LogP contribution in [-0.2, 0) is 13.6 Å². The Kier molecular flexibility index (Phi) is 5.53. The van der Waals surface area contributed by atoms with E-state index in [1.807, 2.05) is 31.8 Å². The second-order valence-electron chi connectivity index (χ2n) is 4.40. The number of likely N-dealkylation sites (tertiary alicyclic amines) is 1. The molecule has 0 aliphatic carbocycles. The smallest absolute Gasteiger partial charge is 0.0521 e. The van der Waals surface area contributed by atoms with Crippen LogP contribution in [0.4, 0.5) is 0 Å². The van der Waals surface area contributed by atoms with Crippen molar-refractivity contribution >= 4 is 0 Å². The number of rotatable bonds is 2. The Morgan fingerprint density at radius 1 is 1.31 bits per heavy atom. The van der Waals surface area contributed by atoms with Gasteiger partial charge in [-0.15, -0.1) is 0 Å². The van der Waals surface area contributed by atoms with Crippen LogP contribution in [0, 0.1) is 5.92 Å². The number of hydrogen-bond acceptors (Lipinski definition) is 2. The van der Waals surface area contributed by atoms with Crippen LogP contribution in [0.2, 0.25) is 0 Å². The molecule has 0 saturated carbocycles. The molecule has 0 bridgehead atoms. The zero-order valence-corrected chi connectivity index (χ0v) is 11.1. The first-order valence-corrected chi connectivity index (χ1v) is 6.45. The number of aryl methyl sites for hydroxylation is 1. The lowest BCUT2D eigenvalue weighted by atomic mass is 9.99. The minimum Gasteiger partial charge on any atom is -0.298 e. The van der Waals surface area contributed by atoms with E-state index in [1.165, 1.54) is 31.6 Å². The van der Waals surface area contributed by atoms with Gasteiger partial charge in [0, 0.05) is 19.8 Å². The minimum absolute atomic E-state index is 0.915. The maximum atomic E-state index is 4.19. The molecule has 92 valence electrons. The van der Waals surface area contributed by atoms with Gasteiger partial charge in [-0.25, -0.2) is 0 Å². The van der Waals surface area contributed by atoms with E-state index in [9.17, 15) is 0 Å². The van der Waals surface area contributed by atoms with Crippen molar-refractivity contribution in [3.8, 4) is 0 Å². The van der Waals surface area contributed by atoms with Crippen molar-refractivity contribution in [3.05, 3.63) is 18.0 Å². The molecule has 1 saturated heterocycles. The summed E-state index contributed by atoms with van der Waals surface area (Å²) in [5.41, 5.74) is 1.32. The van der Waals surface area contributed by atoms with Crippen LogP contribution in [0.25, 0.3) is 0 Å². The molecule has 1 aromatic heterocycles. The first-order valence-electron chi connectivity index (χ1n) is 6.45. The number of piperidine rings is 1. The maximum Gasteiger partial charge on any atom is 0.0521 e. The summed E-state index contributed by atoms with van der Waals surface area (Å²) in [4.78, 5) is 2.52. The average Bonchev–Trinajstić information content (AvgIpc) is 2.71. The molecule has 1 aliphatic heterocycles. The molecule has 0 amide bonds. The third-order valence-corrected chi connectivity index (χ3v) is 3.18. The molecule has 16 heavy (non-hydrogen) atoms. The monoisotopic (exact) mass is 223 g/mol. The molecule has 0 N–H and O–H groups in total. The zero-order valence-electron chi connectivity index (χ0n) is 11.1. The normalized spacial score (nSPS) is 18.0. The largest absolute Gasteiger partial charge is 0.298 e. The van der Waals surface area contributed by atoms with Crippen molar-refractivity contribution < 1.29 is 0 Å². The maximum absolute atomic E-state index is 4.19. The molecule has 0 unspecified atom stereocenters. The van der Waals surface area contributed by atoms with E-state index in [4.69, 9.17) is 0 Å². The van der Waals surface area contributed by atoms with Gasteiger partial charge in [0.25, 0.3) is 0 Å². The highest BCUT2D eigenvalue weighted by Gasteiger charge is 2.16. The summed E-state index contributed by atoms with van der Waals surface area (Å²) in [7, 11) is 2.02. The van der Waals surface area contributed by atoms with Crippen molar-refractivity contribution in [1.82, 2.24) is 14.7 Å². The van der Waals surface area contributed by atoms with Gasteiger partial charge < -0.3 is 0 Å². The highest BCUT2D eigenvalue weighted by Crippen LogP contribution is 2.17. The summed E-state index contributed by atoms with van der Waals surface area (Å²) in [5, 5.41) is 4.19. The third kappa shape index (κ3) is 3.63. The Morgan fingerprint density at radius 3 is 2.44 bits per heavy atom. The predicted molar refractivity (Wildman–Crippen MR) is 68.2 cm³/mol. The Balaban J connectivity index is 0.000000606. The van der Waals surface area contributed by atoms with Crippen molar-refractivity contribution in [2.45, 2.75) is 40.2 Å². The van der Waals surface area contributed by atoms with Gasteiger partial charge in [-0.2, -0.15) is 5.10 Å². The van der Waals surface area contributed by atoms with Crippen molar-refractivity contribution in [1.29, 1.82) is 0 Å². The van der Waals surface area contributed by atoms with Crippen molar-refractivity contribution in [2.24, 2.45) is 13.0 Å². The van der Waals surface area contributed by atoms with E-state index in [1.54, 1.807) is 0 Å². The zero-order chi connectivity index (χ0) is 12.0. The van der Waals surface area contributed by atoms with Crippen LogP contribution in [0.1, 0.15) is 39.3 Å².